The standard InChI is InChI=1S/C14H26N2O2/c1-5-9-11-13(18)16(10-12(17)15-11)14(6-2,7-3)8-4/h11H,5-10H2,1-4H3,(H,15,17). The van der Waals surface area contributed by atoms with Gasteiger partial charge in [0.15, 0.2) is 0 Å². The van der Waals surface area contributed by atoms with E-state index in [-0.39, 0.29) is 29.9 Å². The molecule has 1 N–H and O–H groups in total. The molecule has 0 spiro atoms. The van der Waals surface area contributed by atoms with Gasteiger partial charge in [0.2, 0.25) is 11.8 Å². The highest BCUT2D eigenvalue weighted by Gasteiger charge is 2.42. The average Bonchev–Trinajstić information content (AvgIpc) is 2.37. The van der Waals surface area contributed by atoms with Gasteiger partial charge in [0.1, 0.15) is 12.6 Å². The number of rotatable bonds is 6. The van der Waals surface area contributed by atoms with Crippen LogP contribution in [-0.4, -0.2) is 34.8 Å². The number of hydrogen-bond donors (Lipinski definition) is 1. The van der Waals surface area contributed by atoms with Crippen LogP contribution in [0.2, 0.25) is 0 Å². The second-order valence-electron chi connectivity index (χ2n) is 5.12. The molecule has 2 amide bonds. The van der Waals surface area contributed by atoms with Crippen molar-refractivity contribution >= 4 is 11.8 Å². The molecule has 0 radical (unpaired) electrons. The predicted molar refractivity (Wildman–Crippen MR) is 72.2 cm³/mol. The van der Waals surface area contributed by atoms with Crippen LogP contribution in [0.5, 0.6) is 0 Å². The highest BCUT2D eigenvalue weighted by atomic mass is 16.2. The zero-order valence-electron chi connectivity index (χ0n) is 12.1. The lowest BCUT2D eigenvalue weighted by atomic mass is 9.86. The van der Waals surface area contributed by atoms with E-state index in [2.05, 4.69) is 26.1 Å². The summed E-state index contributed by atoms with van der Waals surface area (Å²) in [4.78, 5) is 26.1. The highest BCUT2D eigenvalue weighted by molar-refractivity contribution is 5.95. The monoisotopic (exact) mass is 254 g/mol. The Labute approximate surface area is 110 Å². The van der Waals surface area contributed by atoms with Crippen LogP contribution in [0.3, 0.4) is 0 Å². The first-order valence-corrected chi connectivity index (χ1v) is 7.15. The van der Waals surface area contributed by atoms with Crippen molar-refractivity contribution in [2.45, 2.75) is 71.4 Å². The number of piperazine rings is 1. The normalized spacial score (nSPS) is 21.1. The molecule has 0 aromatic heterocycles. The SMILES string of the molecule is CCCC1NC(=O)CN(C(CC)(CC)CC)C1=O. The largest absolute Gasteiger partial charge is 0.343 e. The molecule has 1 aliphatic heterocycles. The second-order valence-corrected chi connectivity index (χ2v) is 5.12. The third kappa shape index (κ3) is 2.68. The number of amides is 2. The summed E-state index contributed by atoms with van der Waals surface area (Å²) in [6.07, 6.45) is 4.34. The summed E-state index contributed by atoms with van der Waals surface area (Å²) >= 11 is 0. The number of hydrogen-bond acceptors (Lipinski definition) is 2. The molecule has 1 heterocycles. The Kier molecular flexibility index (Phi) is 5.17. The minimum atomic E-state index is -0.319. The first-order chi connectivity index (χ1) is 8.54. The van der Waals surface area contributed by atoms with E-state index in [1.807, 2.05) is 11.8 Å². The molecule has 1 fully saturated rings. The lowest BCUT2D eigenvalue weighted by Crippen LogP contribution is -2.64. The Bertz CT molecular complexity index is 303. The van der Waals surface area contributed by atoms with Crippen molar-refractivity contribution in [3.8, 4) is 0 Å². The van der Waals surface area contributed by atoms with Gasteiger partial charge < -0.3 is 10.2 Å². The van der Waals surface area contributed by atoms with E-state index < -0.39 is 0 Å². The van der Waals surface area contributed by atoms with Crippen LogP contribution in [-0.2, 0) is 9.59 Å². The lowest BCUT2D eigenvalue weighted by molar-refractivity contribution is -0.151. The molecule has 4 nitrogen and oxygen atoms in total. The van der Waals surface area contributed by atoms with Crippen molar-refractivity contribution < 1.29 is 9.59 Å². The topological polar surface area (TPSA) is 49.4 Å². The van der Waals surface area contributed by atoms with Crippen LogP contribution in [0, 0.1) is 0 Å². The molecule has 0 aliphatic carbocycles. The van der Waals surface area contributed by atoms with Gasteiger partial charge in [-0.3, -0.25) is 9.59 Å². The van der Waals surface area contributed by atoms with Gasteiger partial charge in [-0.15, -0.1) is 0 Å². The summed E-state index contributed by atoms with van der Waals surface area (Å²) in [6, 6.07) is -0.319. The van der Waals surface area contributed by atoms with Gasteiger partial charge in [0, 0.05) is 5.54 Å². The third-order valence-corrected chi connectivity index (χ3v) is 4.33. The van der Waals surface area contributed by atoms with Gasteiger partial charge in [-0.05, 0) is 25.7 Å². The fourth-order valence-electron chi connectivity index (χ4n) is 2.92. The summed E-state index contributed by atoms with van der Waals surface area (Å²) in [5.41, 5.74) is -0.152. The van der Waals surface area contributed by atoms with E-state index in [4.69, 9.17) is 0 Å². The predicted octanol–water partition coefficient (Wildman–Crippen LogP) is 2.08. The quantitative estimate of drug-likeness (QED) is 0.789. The fraction of sp³-hybridized carbons (Fsp3) is 0.857. The van der Waals surface area contributed by atoms with Gasteiger partial charge in [0.05, 0.1) is 0 Å². The summed E-state index contributed by atoms with van der Waals surface area (Å²) in [5.74, 6) is 0.0785. The Morgan fingerprint density at radius 3 is 2.17 bits per heavy atom. The molecular weight excluding hydrogens is 228 g/mol. The summed E-state index contributed by atoms with van der Waals surface area (Å²) in [5, 5.41) is 2.81. The third-order valence-electron chi connectivity index (χ3n) is 4.33. The van der Waals surface area contributed by atoms with Crippen LogP contribution in [0.4, 0.5) is 0 Å². The zero-order valence-corrected chi connectivity index (χ0v) is 12.1. The van der Waals surface area contributed by atoms with Crippen molar-refractivity contribution in [3.63, 3.8) is 0 Å². The molecule has 104 valence electrons. The molecule has 0 bridgehead atoms. The molecular formula is C14H26N2O2. The van der Waals surface area contributed by atoms with E-state index in [1.54, 1.807) is 0 Å². The van der Waals surface area contributed by atoms with Crippen LogP contribution in [0.1, 0.15) is 59.8 Å². The molecule has 4 heteroatoms. The number of nitrogens with zero attached hydrogens (tertiary/aromatic N) is 1. The number of carbonyl (C=O) groups is 2. The summed E-state index contributed by atoms with van der Waals surface area (Å²) < 4.78 is 0. The molecule has 1 rings (SSSR count). The van der Waals surface area contributed by atoms with Crippen molar-refractivity contribution in [3.05, 3.63) is 0 Å². The molecule has 0 aromatic carbocycles. The van der Waals surface area contributed by atoms with E-state index in [0.29, 0.717) is 0 Å². The molecule has 1 saturated heterocycles. The lowest BCUT2D eigenvalue weighted by Gasteiger charge is -2.46. The van der Waals surface area contributed by atoms with Crippen molar-refractivity contribution in [1.82, 2.24) is 10.2 Å². The van der Waals surface area contributed by atoms with Gasteiger partial charge in [0.25, 0.3) is 0 Å². The summed E-state index contributed by atoms with van der Waals surface area (Å²) in [6.45, 7) is 8.55. The van der Waals surface area contributed by atoms with Crippen LogP contribution in [0.25, 0.3) is 0 Å². The molecule has 0 aromatic rings. The molecule has 18 heavy (non-hydrogen) atoms. The molecule has 0 saturated carbocycles. The molecule has 1 atom stereocenters. The first kappa shape index (κ1) is 15.0. The van der Waals surface area contributed by atoms with Crippen LogP contribution < -0.4 is 5.32 Å². The van der Waals surface area contributed by atoms with Crippen LogP contribution >= 0.6 is 0 Å². The second kappa shape index (κ2) is 6.21. The van der Waals surface area contributed by atoms with E-state index >= 15 is 0 Å². The maximum absolute atomic E-state index is 12.5. The van der Waals surface area contributed by atoms with E-state index in [9.17, 15) is 9.59 Å². The molecule has 1 unspecified atom stereocenters. The average molecular weight is 254 g/mol. The van der Waals surface area contributed by atoms with Crippen LogP contribution in [0.15, 0.2) is 0 Å². The Hall–Kier alpha value is -1.06. The number of carbonyl (C=O) groups excluding carboxylic acids is 2. The van der Waals surface area contributed by atoms with Gasteiger partial charge >= 0.3 is 0 Å². The van der Waals surface area contributed by atoms with Gasteiger partial charge in [-0.25, -0.2) is 0 Å². The highest BCUT2D eigenvalue weighted by Crippen LogP contribution is 2.30. The zero-order chi connectivity index (χ0) is 13.8. The van der Waals surface area contributed by atoms with Crippen molar-refractivity contribution in [1.29, 1.82) is 0 Å². The van der Waals surface area contributed by atoms with Gasteiger partial charge in [-0.2, -0.15) is 0 Å². The maximum atomic E-state index is 12.5. The first-order valence-electron chi connectivity index (χ1n) is 7.15. The van der Waals surface area contributed by atoms with E-state index in [0.717, 1.165) is 32.1 Å². The Balaban J connectivity index is 2.98. The Morgan fingerprint density at radius 1 is 1.17 bits per heavy atom. The maximum Gasteiger partial charge on any atom is 0.246 e. The molecule has 1 aliphatic rings. The van der Waals surface area contributed by atoms with E-state index in [1.165, 1.54) is 0 Å². The van der Waals surface area contributed by atoms with Crippen molar-refractivity contribution in [2.24, 2.45) is 0 Å². The fourth-order valence-corrected chi connectivity index (χ4v) is 2.92. The number of nitrogens with one attached hydrogen (secondary N) is 1. The van der Waals surface area contributed by atoms with Crippen molar-refractivity contribution in [2.75, 3.05) is 6.54 Å². The summed E-state index contributed by atoms with van der Waals surface area (Å²) in [7, 11) is 0. The Morgan fingerprint density at radius 2 is 1.72 bits per heavy atom. The minimum absolute atomic E-state index is 0.0206. The van der Waals surface area contributed by atoms with Gasteiger partial charge in [-0.1, -0.05) is 34.1 Å². The smallest absolute Gasteiger partial charge is 0.246 e. The minimum Gasteiger partial charge on any atom is -0.343 e.